The number of benzene rings is 3. The summed E-state index contributed by atoms with van der Waals surface area (Å²) in [6.07, 6.45) is 0. The minimum atomic E-state index is -0.145. The van der Waals surface area contributed by atoms with Crippen LogP contribution in [0.25, 0.3) is 0 Å². The summed E-state index contributed by atoms with van der Waals surface area (Å²) in [5, 5.41) is 0. The lowest BCUT2D eigenvalue weighted by atomic mass is 10.1. The number of rotatable bonds is 5. The Morgan fingerprint density at radius 2 is 1.74 bits per heavy atom. The average molecular weight is 436 g/mol. The van der Waals surface area contributed by atoms with Crippen molar-refractivity contribution >= 4 is 29.4 Å². The summed E-state index contributed by atoms with van der Waals surface area (Å²) >= 11 is 1.39. The molecule has 0 spiro atoms. The van der Waals surface area contributed by atoms with Gasteiger partial charge in [-0.05, 0) is 53.9 Å². The van der Waals surface area contributed by atoms with E-state index in [4.69, 9.17) is 18.9 Å². The van der Waals surface area contributed by atoms with E-state index in [1.807, 2.05) is 48.5 Å². The minimum absolute atomic E-state index is 0.145. The smallest absolute Gasteiger partial charge is 0.339 e. The lowest BCUT2D eigenvalue weighted by Crippen LogP contribution is -2.42. The molecule has 0 fully saturated rings. The molecule has 0 aliphatic carbocycles. The third kappa shape index (κ3) is 3.48. The van der Waals surface area contributed by atoms with Gasteiger partial charge in [0.2, 0.25) is 6.79 Å². The normalized spacial score (nSPS) is 14.5. The number of amides is 2. The van der Waals surface area contributed by atoms with Gasteiger partial charge in [0.1, 0.15) is 0 Å². The minimum Gasteiger partial charge on any atom is -0.493 e. The van der Waals surface area contributed by atoms with E-state index >= 15 is 0 Å². The van der Waals surface area contributed by atoms with E-state index in [1.165, 1.54) is 11.9 Å². The van der Waals surface area contributed by atoms with Crippen LogP contribution < -0.4 is 28.2 Å². The van der Waals surface area contributed by atoms with Crippen LogP contribution in [-0.4, -0.2) is 27.0 Å². The van der Waals surface area contributed by atoms with Crippen molar-refractivity contribution in [1.29, 1.82) is 0 Å². The second-order valence-electron chi connectivity index (χ2n) is 6.95. The van der Waals surface area contributed by atoms with Gasteiger partial charge in [0, 0.05) is 6.07 Å². The lowest BCUT2D eigenvalue weighted by Gasteiger charge is -2.36. The van der Waals surface area contributed by atoms with Gasteiger partial charge >= 0.3 is 6.03 Å². The topological polar surface area (TPSA) is 60.5 Å². The van der Waals surface area contributed by atoms with E-state index in [2.05, 4.69) is 0 Å². The second kappa shape index (κ2) is 7.96. The van der Waals surface area contributed by atoms with Crippen molar-refractivity contribution in [1.82, 2.24) is 0 Å². The molecule has 2 amide bonds. The number of urea groups is 1. The Balaban J connectivity index is 1.51. The van der Waals surface area contributed by atoms with Crippen molar-refractivity contribution in [2.75, 3.05) is 30.2 Å². The number of nitrogens with zero attached hydrogens (tertiary/aromatic N) is 2. The van der Waals surface area contributed by atoms with Gasteiger partial charge in [-0.25, -0.2) is 9.10 Å². The molecule has 3 aromatic carbocycles. The zero-order valence-electron chi connectivity index (χ0n) is 17.0. The standard InChI is InChI=1S/C23H20N2O5S/c1-27-18-10-8-16(12-20(18)28-2)25-23(26)24(17-5-3-4-6-22(17)31-25)13-15-7-9-19-21(11-15)30-14-29-19/h3-12H,13-14H2,1-2H3. The molecule has 31 heavy (non-hydrogen) atoms. The van der Waals surface area contributed by atoms with E-state index < -0.39 is 0 Å². The van der Waals surface area contributed by atoms with Crippen molar-refractivity contribution in [2.24, 2.45) is 0 Å². The van der Waals surface area contributed by atoms with Crippen molar-refractivity contribution in [3.8, 4) is 23.0 Å². The predicted octanol–water partition coefficient (Wildman–Crippen LogP) is 5.09. The molecular formula is C23H20N2O5S. The van der Waals surface area contributed by atoms with Crippen molar-refractivity contribution in [3.05, 3.63) is 66.2 Å². The molecule has 0 atom stereocenters. The first-order valence-electron chi connectivity index (χ1n) is 9.67. The van der Waals surface area contributed by atoms with E-state index in [9.17, 15) is 4.79 Å². The maximum Gasteiger partial charge on any atom is 0.339 e. The number of carbonyl (C=O) groups excluding carboxylic acids is 1. The third-order valence-corrected chi connectivity index (χ3v) is 6.22. The highest BCUT2D eigenvalue weighted by Crippen LogP contribution is 2.44. The molecule has 158 valence electrons. The van der Waals surface area contributed by atoms with Gasteiger partial charge in [0.15, 0.2) is 23.0 Å². The van der Waals surface area contributed by atoms with Gasteiger partial charge in [0.05, 0.1) is 37.0 Å². The molecule has 0 saturated heterocycles. The molecule has 0 N–H and O–H groups in total. The number of hydrogen-bond acceptors (Lipinski definition) is 6. The van der Waals surface area contributed by atoms with Gasteiger partial charge in [-0.15, -0.1) is 0 Å². The van der Waals surface area contributed by atoms with Gasteiger partial charge in [-0.2, -0.15) is 0 Å². The summed E-state index contributed by atoms with van der Waals surface area (Å²) in [6, 6.07) is 18.9. The summed E-state index contributed by atoms with van der Waals surface area (Å²) in [5.74, 6) is 2.59. The molecular weight excluding hydrogens is 416 g/mol. The molecule has 0 aromatic heterocycles. The second-order valence-corrected chi connectivity index (χ2v) is 7.94. The molecule has 0 saturated carbocycles. The molecule has 5 rings (SSSR count). The van der Waals surface area contributed by atoms with E-state index in [0.717, 1.165) is 21.9 Å². The number of methoxy groups -OCH3 is 2. The molecule has 7 nitrogen and oxygen atoms in total. The summed E-state index contributed by atoms with van der Waals surface area (Å²) < 4.78 is 23.3. The van der Waals surface area contributed by atoms with Crippen molar-refractivity contribution in [3.63, 3.8) is 0 Å². The maximum absolute atomic E-state index is 13.6. The average Bonchev–Trinajstić information content (AvgIpc) is 3.28. The van der Waals surface area contributed by atoms with Gasteiger partial charge < -0.3 is 18.9 Å². The number of anilines is 2. The Morgan fingerprint density at radius 3 is 2.58 bits per heavy atom. The fourth-order valence-electron chi connectivity index (χ4n) is 3.60. The Morgan fingerprint density at radius 1 is 0.935 bits per heavy atom. The monoisotopic (exact) mass is 436 g/mol. The Labute approximate surface area is 184 Å². The number of para-hydroxylation sites is 1. The summed E-state index contributed by atoms with van der Waals surface area (Å²) in [5.41, 5.74) is 2.52. The first kappa shape index (κ1) is 19.4. The van der Waals surface area contributed by atoms with Crippen LogP contribution >= 0.6 is 11.9 Å². The van der Waals surface area contributed by atoms with E-state index in [-0.39, 0.29) is 12.8 Å². The van der Waals surface area contributed by atoms with E-state index in [1.54, 1.807) is 35.6 Å². The molecule has 2 heterocycles. The summed E-state index contributed by atoms with van der Waals surface area (Å²) in [4.78, 5) is 16.3. The lowest BCUT2D eigenvalue weighted by molar-refractivity contribution is 0.174. The highest BCUT2D eigenvalue weighted by Gasteiger charge is 2.33. The molecule has 3 aromatic rings. The zero-order chi connectivity index (χ0) is 21.4. The predicted molar refractivity (Wildman–Crippen MR) is 118 cm³/mol. The Hall–Kier alpha value is -3.52. The van der Waals surface area contributed by atoms with Gasteiger partial charge in [-0.1, -0.05) is 18.2 Å². The molecule has 2 aliphatic heterocycles. The van der Waals surface area contributed by atoms with Crippen LogP contribution in [0.2, 0.25) is 0 Å². The van der Waals surface area contributed by atoms with Crippen LogP contribution in [0, 0.1) is 0 Å². The Kier molecular flexibility index (Phi) is 4.99. The van der Waals surface area contributed by atoms with E-state index in [0.29, 0.717) is 29.5 Å². The SMILES string of the molecule is COc1ccc(N2Sc3ccccc3N(Cc3ccc4c(c3)OCO4)C2=O)cc1OC. The van der Waals surface area contributed by atoms with Crippen molar-refractivity contribution in [2.45, 2.75) is 11.4 Å². The van der Waals surface area contributed by atoms with Crippen LogP contribution in [0.1, 0.15) is 5.56 Å². The number of carbonyl (C=O) groups is 1. The van der Waals surface area contributed by atoms with Crippen LogP contribution in [-0.2, 0) is 6.54 Å². The number of hydrogen-bond donors (Lipinski definition) is 0. The highest BCUT2D eigenvalue weighted by molar-refractivity contribution is 8.01. The Bertz CT molecular complexity index is 1150. The highest BCUT2D eigenvalue weighted by atomic mass is 32.2. The molecule has 0 radical (unpaired) electrons. The van der Waals surface area contributed by atoms with Crippen LogP contribution in [0.3, 0.4) is 0 Å². The molecule has 0 bridgehead atoms. The molecule has 8 heteroatoms. The first-order valence-corrected chi connectivity index (χ1v) is 10.4. The van der Waals surface area contributed by atoms with Crippen LogP contribution in [0.15, 0.2) is 65.6 Å². The first-order chi connectivity index (χ1) is 15.2. The van der Waals surface area contributed by atoms with Crippen LogP contribution in [0.5, 0.6) is 23.0 Å². The fourth-order valence-corrected chi connectivity index (χ4v) is 4.60. The van der Waals surface area contributed by atoms with Gasteiger partial charge in [0.25, 0.3) is 0 Å². The summed E-state index contributed by atoms with van der Waals surface area (Å²) in [6.45, 7) is 0.616. The fraction of sp³-hybridized carbons (Fsp3) is 0.174. The number of fused-ring (bicyclic) bond motifs is 2. The molecule has 0 unspecified atom stereocenters. The number of ether oxygens (including phenoxy) is 4. The van der Waals surface area contributed by atoms with Crippen LogP contribution in [0.4, 0.5) is 16.2 Å². The molecule has 2 aliphatic rings. The summed E-state index contributed by atoms with van der Waals surface area (Å²) in [7, 11) is 3.16. The van der Waals surface area contributed by atoms with Gasteiger partial charge in [-0.3, -0.25) is 4.90 Å². The maximum atomic E-state index is 13.6. The van der Waals surface area contributed by atoms with Crippen molar-refractivity contribution < 1.29 is 23.7 Å². The quantitative estimate of drug-likeness (QED) is 0.520. The third-order valence-electron chi connectivity index (χ3n) is 5.13. The zero-order valence-corrected chi connectivity index (χ0v) is 17.8. The largest absolute Gasteiger partial charge is 0.493 e.